The van der Waals surface area contributed by atoms with Gasteiger partial charge in [-0.2, -0.15) is 0 Å². The smallest absolute Gasteiger partial charge is 0.0723 e. The molecule has 0 saturated carbocycles. The molecule has 0 unspecified atom stereocenters. The molecule has 2 heterocycles. The van der Waals surface area contributed by atoms with Gasteiger partial charge in [0.05, 0.1) is 11.6 Å². The Balaban J connectivity index is 1.81. The Morgan fingerprint density at radius 3 is 2.71 bits per heavy atom. The van der Waals surface area contributed by atoms with Crippen LogP contribution in [0.3, 0.4) is 0 Å². The quantitative estimate of drug-likeness (QED) is 0.945. The highest BCUT2D eigenvalue weighted by Gasteiger charge is 2.19. The van der Waals surface area contributed by atoms with Gasteiger partial charge < -0.3 is 10.0 Å². The molecular weight excluding hydrogens is 286 g/mol. The van der Waals surface area contributed by atoms with Crippen LogP contribution >= 0.6 is 11.6 Å². The predicted octanol–water partition coefficient (Wildman–Crippen LogP) is 2.39. The van der Waals surface area contributed by atoms with E-state index in [9.17, 15) is 5.11 Å². The number of aliphatic hydroxyl groups is 1. The van der Waals surface area contributed by atoms with Crippen LogP contribution < -0.4 is 4.90 Å². The third kappa shape index (κ3) is 3.28. The van der Waals surface area contributed by atoms with Gasteiger partial charge in [-0.25, -0.2) is 0 Å². The van der Waals surface area contributed by atoms with E-state index in [1.54, 1.807) is 0 Å². The maximum Gasteiger partial charge on any atom is 0.0723 e. The lowest BCUT2D eigenvalue weighted by molar-refractivity contribution is 0.123. The van der Waals surface area contributed by atoms with Crippen LogP contribution in [0.4, 0.5) is 5.69 Å². The average Bonchev–Trinajstić information content (AvgIpc) is 2.47. The second-order valence-electron chi connectivity index (χ2n) is 5.63. The Kier molecular flexibility index (Phi) is 4.29. The molecule has 1 aliphatic rings. The number of aromatic nitrogens is 1. The first kappa shape index (κ1) is 14.6. The van der Waals surface area contributed by atoms with Crippen LogP contribution in [0.2, 0.25) is 5.02 Å². The van der Waals surface area contributed by atoms with Gasteiger partial charge in [-0.3, -0.25) is 9.88 Å². The summed E-state index contributed by atoms with van der Waals surface area (Å²) >= 11 is 6.13. The van der Waals surface area contributed by atoms with Gasteiger partial charge in [0.25, 0.3) is 0 Å². The van der Waals surface area contributed by atoms with Gasteiger partial charge in [0, 0.05) is 55.0 Å². The molecule has 3 rings (SSSR count). The molecule has 1 fully saturated rings. The van der Waals surface area contributed by atoms with Crippen molar-refractivity contribution in [2.45, 2.75) is 13.0 Å². The van der Waals surface area contributed by atoms with Crippen molar-refractivity contribution >= 4 is 28.2 Å². The summed E-state index contributed by atoms with van der Waals surface area (Å²) in [5.41, 5.74) is 2.17. The zero-order valence-corrected chi connectivity index (χ0v) is 12.9. The van der Waals surface area contributed by atoms with E-state index in [1.165, 1.54) is 5.69 Å². The van der Waals surface area contributed by atoms with Gasteiger partial charge in [-0.1, -0.05) is 11.6 Å². The van der Waals surface area contributed by atoms with E-state index in [1.807, 2.05) is 31.3 Å². The van der Waals surface area contributed by atoms with Gasteiger partial charge in [-0.15, -0.1) is 0 Å². The lowest BCUT2D eigenvalue weighted by Crippen LogP contribution is -2.48. The highest BCUT2D eigenvalue weighted by Crippen LogP contribution is 2.28. The Bertz CT molecular complexity index is 624. The fourth-order valence-corrected chi connectivity index (χ4v) is 3.10. The van der Waals surface area contributed by atoms with Gasteiger partial charge in [0.15, 0.2) is 0 Å². The SMILES string of the molecule is C[C@@H](O)CN1CCN(c2ccnc3ccc(Cl)cc23)CC1. The Hall–Kier alpha value is -1.36. The first-order valence-electron chi connectivity index (χ1n) is 7.33. The summed E-state index contributed by atoms with van der Waals surface area (Å²) in [4.78, 5) is 9.08. The minimum atomic E-state index is -0.267. The molecule has 1 aromatic carbocycles. The minimum Gasteiger partial charge on any atom is -0.392 e. The number of hydrogen-bond acceptors (Lipinski definition) is 4. The number of anilines is 1. The summed E-state index contributed by atoms with van der Waals surface area (Å²) in [7, 11) is 0. The molecule has 112 valence electrons. The molecule has 1 atom stereocenters. The summed E-state index contributed by atoms with van der Waals surface area (Å²) in [6.07, 6.45) is 1.59. The monoisotopic (exact) mass is 305 g/mol. The van der Waals surface area contributed by atoms with Crippen LogP contribution in [0.25, 0.3) is 10.9 Å². The molecular formula is C16H20ClN3O. The molecule has 21 heavy (non-hydrogen) atoms. The van der Waals surface area contributed by atoms with Crippen molar-refractivity contribution in [1.82, 2.24) is 9.88 Å². The average molecular weight is 306 g/mol. The molecule has 1 aliphatic heterocycles. The third-order valence-corrected chi connectivity index (χ3v) is 4.15. The third-order valence-electron chi connectivity index (χ3n) is 3.92. The number of β-amino-alcohol motifs (C(OH)–C–C–N with tert-alkyl or cyclic N) is 1. The summed E-state index contributed by atoms with van der Waals surface area (Å²) in [6.45, 7) is 6.43. The van der Waals surface area contributed by atoms with Crippen molar-refractivity contribution in [1.29, 1.82) is 0 Å². The second-order valence-corrected chi connectivity index (χ2v) is 6.06. The normalized spacial score (nSPS) is 18.1. The zero-order valence-electron chi connectivity index (χ0n) is 12.2. The number of nitrogens with zero attached hydrogens (tertiary/aromatic N) is 3. The van der Waals surface area contributed by atoms with Crippen LogP contribution in [0.5, 0.6) is 0 Å². The lowest BCUT2D eigenvalue weighted by Gasteiger charge is -2.37. The first-order chi connectivity index (χ1) is 10.1. The number of aliphatic hydroxyl groups excluding tert-OH is 1. The van der Waals surface area contributed by atoms with Gasteiger partial charge >= 0.3 is 0 Å². The van der Waals surface area contributed by atoms with Gasteiger partial charge in [-0.05, 0) is 31.2 Å². The molecule has 1 saturated heterocycles. The summed E-state index contributed by atoms with van der Waals surface area (Å²) in [5, 5.41) is 11.3. The van der Waals surface area contributed by atoms with E-state index in [-0.39, 0.29) is 6.10 Å². The van der Waals surface area contributed by atoms with Crippen molar-refractivity contribution < 1.29 is 5.11 Å². The Morgan fingerprint density at radius 2 is 2.00 bits per heavy atom. The van der Waals surface area contributed by atoms with E-state index in [0.717, 1.165) is 48.6 Å². The molecule has 0 radical (unpaired) electrons. The van der Waals surface area contributed by atoms with Crippen LogP contribution in [0, 0.1) is 0 Å². The fourth-order valence-electron chi connectivity index (χ4n) is 2.92. The minimum absolute atomic E-state index is 0.267. The van der Waals surface area contributed by atoms with Crippen molar-refractivity contribution in [3.05, 3.63) is 35.5 Å². The van der Waals surface area contributed by atoms with E-state index in [2.05, 4.69) is 20.9 Å². The van der Waals surface area contributed by atoms with E-state index in [4.69, 9.17) is 11.6 Å². The molecule has 0 amide bonds. The van der Waals surface area contributed by atoms with Gasteiger partial charge in [0.1, 0.15) is 0 Å². The highest BCUT2D eigenvalue weighted by molar-refractivity contribution is 6.31. The second kappa shape index (κ2) is 6.18. The zero-order chi connectivity index (χ0) is 14.8. The lowest BCUT2D eigenvalue weighted by atomic mass is 10.1. The number of hydrogen-bond donors (Lipinski definition) is 1. The molecule has 0 aliphatic carbocycles. The molecule has 1 N–H and O–H groups in total. The topological polar surface area (TPSA) is 39.6 Å². The molecule has 2 aromatic rings. The van der Waals surface area contributed by atoms with Crippen molar-refractivity contribution in [3.8, 4) is 0 Å². The molecule has 5 heteroatoms. The van der Waals surface area contributed by atoms with Crippen LogP contribution in [-0.4, -0.2) is 53.8 Å². The molecule has 0 bridgehead atoms. The van der Waals surface area contributed by atoms with Crippen LogP contribution in [0.15, 0.2) is 30.5 Å². The summed E-state index contributed by atoms with van der Waals surface area (Å²) in [6, 6.07) is 7.89. The maximum absolute atomic E-state index is 9.48. The largest absolute Gasteiger partial charge is 0.392 e. The molecule has 1 aromatic heterocycles. The van der Waals surface area contributed by atoms with Gasteiger partial charge in [0.2, 0.25) is 0 Å². The number of halogens is 1. The number of pyridine rings is 1. The standard InChI is InChI=1S/C16H20ClN3O/c1-12(21)11-19-6-8-20(9-7-19)16-4-5-18-15-3-2-13(17)10-14(15)16/h2-5,10,12,21H,6-9,11H2,1H3/t12-/m1/s1. The number of fused-ring (bicyclic) bond motifs is 1. The first-order valence-corrected chi connectivity index (χ1v) is 7.71. The molecule has 4 nitrogen and oxygen atoms in total. The fraction of sp³-hybridized carbons (Fsp3) is 0.438. The number of piperazine rings is 1. The van der Waals surface area contributed by atoms with Crippen LogP contribution in [0.1, 0.15) is 6.92 Å². The van der Waals surface area contributed by atoms with Crippen molar-refractivity contribution in [2.75, 3.05) is 37.6 Å². The Morgan fingerprint density at radius 1 is 1.24 bits per heavy atom. The van der Waals surface area contributed by atoms with Crippen LogP contribution in [-0.2, 0) is 0 Å². The predicted molar refractivity (Wildman–Crippen MR) is 87.1 cm³/mol. The molecule has 0 spiro atoms. The van der Waals surface area contributed by atoms with Crippen molar-refractivity contribution in [2.24, 2.45) is 0 Å². The summed E-state index contributed by atoms with van der Waals surface area (Å²) in [5.74, 6) is 0. The summed E-state index contributed by atoms with van der Waals surface area (Å²) < 4.78 is 0. The number of benzene rings is 1. The van der Waals surface area contributed by atoms with E-state index < -0.39 is 0 Å². The Labute approximate surface area is 129 Å². The van der Waals surface area contributed by atoms with E-state index >= 15 is 0 Å². The maximum atomic E-state index is 9.48. The highest BCUT2D eigenvalue weighted by atomic mass is 35.5. The van der Waals surface area contributed by atoms with E-state index in [0.29, 0.717) is 0 Å². The number of rotatable bonds is 3. The van der Waals surface area contributed by atoms with Crippen molar-refractivity contribution in [3.63, 3.8) is 0 Å².